The van der Waals surface area contributed by atoms with Crippen molar-refractivity contribution >= 4 is 0 Å². The Kier molecular flexibility index (Phi) is 10.6. The molecule has 0 aliphatic heterocycles. The molecule has 2 aromatic rings. The highest BCUT2D eigenvalue weighted by atomic mass is 19.2. The molecule has 0 unspecified atom stereocenters. The van der Waals surface area contributed by atoms with Gasteiger partial charge in [0.2, 0.25) is 0 Å². The lowest BCUT2D eigenvalue weighted by atomic mass is 9.75. The Labute approximate surface area is 223 Å². The zero-order chi connectivity index (χ0) is 26.2. The molecule has 0 bridgehead atoms. The predicted molar refractivity (Wildman–Crippen MR) is 149 cm³/mol. The van der Waals surface area contributed by atoms with Crippen LogP contribution in [0.25, 0.3) is 0 Å². The summed E-state index contributed by atoms with van der Waals surface area (Å²) in [6.45, 7) is 4.41. The van der Waals surface area contributed by atoms with Crippen LogP contribution < -0.4 is 0 Å². The van der Waals surface area contributed by atoms with Crippen LogP contribution >= 0.6 is 0 Å². The monoisotopic (exact) mass is 512 g/mol. The number of halogens is 3. The minimum atomic E-state index is -0.599. The second-order valence-corrected chi connectivity index (χ2v) is 12.0. The zero-order valence-corrected chi connectivity index (χ0v) is 23.1. The number of hydrogen-bond donors (Lipinski definition) is 0. The first-order valence-corrected chi connectivity index (χ1v) is 15.2. The van der Waals surface area contributed by atoms with Crippen molar-refractivity contribution in [1.82, 2.24) is 0 Å². The highest BCUT2D eigenvalue weighted by Crippen LogP contribution is 2.42. The van der Waals surface area contributed by atoms with Crippen molar-refractivity contribution < 1.29 is 13.2 Å². The summed E-state index contributed by atoms with van der Waals surface area (Å²) in [7, 11) is 0. The summed E-state index contributed by atoms with van der Waals surface area (Å²) in [5, 5.41) is 0. The molecule has 4 rings (SSSR count). The maximum absolute atomic E-state index is 15.2. The Morgan fingerprint density at radius 3 is 1.70 bits per heavy atom. The zero-order valence-electron chi connectivity index (χ0n) is 23.1. The second-order valence-electron chi connectivity index (χ2n) is 12.0. The number of unbranched alkanes of at least 4 members (excludes halogenated alkanes) is 2. The van der Waals surface area contributed by atoms with Crippen molar-refractivity contribution in [2.45, 2.75) is 128 Å². The molecule has 2 aromatic carbocycles. The molecule has 0 nitrogen and oxygen atoms in total. The maximum Gasteiger partial charge on any atom is 0.162 e. The minimum Gasteiger partial charge on any atom is -0.207 e. The van der Waals surface area contributed by atoms with Crippen LogP contribution in [0.2, 0.25) is 0 Å². The molecular weight excluding hydrogens is 465 g/mol. The van der Waals surface area contributed by atoms with Gasteiger partial charge in [-0.05, 0) is 129 Å². The van der Waals surface area contributed by atoms with Gasteiger partial charge in [0, 0.05) is 0 Å². The van der Waals surface area contributed by atoms with Crippen LogP contribution in [0.5, 0.6) is 0 Å². The molecule has 0 saturated heterocycles. The summed E-state index contributed by atoms with van der Waals surface area (Å²) >= 11 is 0. The summed E-state index contributed by atoms with van der Waals surface area (Å²) in [4.78, 5) is 0. The van der Waals surface area contributed by atoms with E-state index in [4.69, 9.17) is 0 Å². The van der Waals surface area contributed by atoms with Gasteiger partial charge in [0.1, 0.15) is 5.82 Å². The minimum absolute atomic E-state index is 0.0702. The van der Waals surface area contributed by atoms with E-state index in [0.29, 0.717) is 17.0 Å². The molecule has 2 aliphatic carbocycles. The molecule has 37 heavy (non-hydrogen) atoms. The molecule has 3 heteroatoms. The van der Waals surface area contributed by atoms with E-state index in [2.05, 4.69) is 19.9 Å². The fourth-order valence-electron chi connectivity index (χ4n) is 7.03. The van der Waals surface area contributed by atoms with Crippen molar-refractivity contribution in [2.24, 2.45) is 11.8 Å². The van der Waals surface area contributed by atoms with Gasteiger partial charge in [-0.1, -0.05) is 63.8 Å². The summed E-state index contributed by atoms with van der Waals surface area (Å²) in [5.41, 5.74) is 3.08. The van der Waals surface area contributed by atoms with Gasteiger partial charge in [0.25, 0.3) is 0 Å². The second kappa shape index (κ2) is 13.9. The highest BCUT2D eigenvalue weighted by molar-refractivity contribution is 5.32. The lowest BCUT2D eigenvalue weighted by molar-refractivity contribution is 0.297. The van der Waals surface area contributed by atoms with Crippen LogP contribution in [-0.2, 0) is 12.8 Å². The third-order valence-corrected chi connectivity index (χ3v) is 9.42. The van der Waals surface area contributed by atoms with Gasteiger partial charge < -0.3 is 0 Å². The SMILES string of the molecule is CCCCCc1ccc(CCC2CCC(c3ccc(C4CCC(CCC)CC4)c(F)c3F)CC2)c(F)c1. The standard InChI is InChI=1S/C34H47F3/c1-3-5-6-8-26-14-20-29(32(35)23-26)19-13-25-11-17-28(18-12-25)31-22-21-30(33(36)34(31)37)27-15-9-24(7-4-2)10-16-27/h14,20-25,27-28H,3-13,15-19H2,1-2H3. The molecule has 204 valence electrons. The third kappa shape index (κ3) is 7.42. The Balaban J connectivity index is 1.27. The topological polar surface area (TPSA) is 0 Å². The molecule has 0 radical (unpaired) electrons. The van der Waals surface area contributed by atoms with Gasteiger partial charge in [0.05, 0.1) is 0 Å². The van der Waals surface area contributed by atoms with Gasteiger partial charge in [-0.3, -0.25) is 0 Å². The van der Waals surface area contributed by atoms with E-state index in [1.165, 1.54) is 25.7 Å². The summed E-state index contributed by atoms with van der Waals surface area (Å²) in [6, 6.07) is 9.55. The number of hydrogen-bond acceptors (Lipinski definition) is 0. The first-order chi connectivity index (χ1) is 18.0. The van der Waals surface area contributed by atoms with E-state index in [1.807, 2.05) is 18.2 Å². The van der Waals surface area contributed by atoms with Gasteiger partial charge >= 0.3 is 0 Å². The van der Waals surface area contributed by atoms with E-state index in [9.17, 15) is 4.39 Å². The number of rotatable bonds is 11. The Bertz CT molecular complexity index is 981. The smallest absolute Gasteiger partial charge is 0.162 e. The lowest BCUT2D eigenvalue weighted by Gasteiger charge is -2.31. The molecule has 0 N–H and O–H groups in total. The van der Waals surface area contributed by atoms with Crippen molar-refractivity contribution in [3.8, 4) is 0 Å². The van der Waals surface area contributed by atoms with E-state index in [1.54, 1.807) is 6.07 Å². The van der Waals surface area contributed by atoms with E-state index in [-0.39, 0.29) is 17.7 Å². The third-order valence-electron chi connectivity index (χ3n) is 9.42. The maximum atomic E-state index is 15.2. The predicted octanol–water partition coefficient (Wildman–Crippen LogP) is 10.8. The van der Waals surface area contributed by atoms with Gasteiger partial charge in [-0.15, -0.1) is 0 Å². The van der Waals surface area contributed by atoms with Crippen molar-refractivity contribution in [2.75, 3.05) is 0 Å². The van der Waals surface area contributed by atoms with Crippen LogP contribution in [0.15, 0.2) is 30.3 Å². The number of benzene rings is 2. The average molecular weight is 513 g/mol. The van der Waals surface area contributed by atoms with E-state index in [0.717, 1.165) is 94.1 Å². The normalized spacial score (nSPS) is 24.4. The molecular formula is C34H47F3. The highest BCUT2D eigenvalue weighted by Gasteiger charge is 2.29. The molecule has 0 amide bonds. The summed E-state index contributed by atoms with van der Waals surface area (Å²) in [5.74, 6) is 0.293. The summed E-state index contributed by atoms with van der Waals surface area (Å²) < 4.78 is 45.0. The van der Waals surface area contributed by atoms with Crippen LogP contribution in [0.1, 0.15) is 138 Å². The number of aryl methyl sites for hydroxylation is 2. The average Bonchev–Trinajstić information content (AvgIpc) is 2.91. The molecule has 0 atom stereocenters. The fraction of sp³-hybridized carbons (Fsp3) is 0.647. The molecule has 0 aromatic heterocycles. The quantitative estimate of drug-likeness (QED) is 0.263. The fourth-order valence-corrected chi connectivity index (χ4v) is 7.03. The summed E-state index contributed by atoms with van der Waals surface area (Å²) in [6.07, 6.45) is 16.6. The van der Waals surface area contributed by atoms with Crippen molar-refractivity contribution in [1.29, 1.82) is 0 Å². The molecule has 0 spiro atoms. The van der Waals surface area contributed by atoms with Gasteiger partial charge in [-0.25, -0.2) is 13.2 Å². The van der Waals surface area contributed by atoms with Gasteiger partial charge in [-0.2, -0.15) is 0 Å². The van der Waals surface area contributed by atoms with Crippen LogP contribution in [0.4, 0.5) is 13.2 Å². The van der Waals surface area contributed by atoms with Crippen LogP contribution in [-0.4, -0.2) is 0 Å². The van der Waals surface area contributed by atoms with E-state index < -0.39 is 11.6 Å². The van der Waals surface area contributed by atoms with Crippen molar-refractivity contribution in [3.05, 3.63) is 70.0 Å². The van der Waals surface area contributed by atoms with Crippen LogP contribution in [0, 0.1) is 29.3 Å². The Hall–Kier alpha value is -1.77. The molecule has 2 saturated carbocycles. The molecule has 2 fully saturated rings. The van der Waals surface area contributed by atoms with E-state index >= 15 is 8.78 Å². The van der Waals surface area contributed by atoms with Crippen molar-refractivity contribution in [3.63, 3.8) is 0 Å². The Morgan fingerprint density at radius 2 is 1.19 bits per heavy atom. The van der Waals surface area contributed by atoms with Crippen LogP contribution in [0.3, 0.4) is 0 Å². The Morgan fingerprint density at radius 1 is 0.622 bits per heavy atom. The molecule has 2 aliphatic rings. The van der Waals surface area contributed by atoms with Gasteiger partial charge in [0.15, 0.2) is 11.6 Å². The lowest BCUT2D eigenvalue weighted by Crippen LogP contribution is -2.17. The first-order valence-electron chi connectivity index (χ1n) is 15.2. The first kappa shape index (κ1) is 28.2. The molecule has 0 heterocycles. The largest absolute Gasteiger partial charge is 0.207 e.